The molecule has 2 amide bonds. The minimum Gasteiger partial charge on any atom is -0.425 e. The highest BCUT2D eigenvalue weighted by atomic mass is 16.4. The Hall–Kier alpha value is -2.71. The number of aryl methyl sites for hydroxylation is 1. The molecular weight excluding hydrogens is 276 g/mol. The molecule has 112 valence electrons. The smallest absolute Gasteiger partial charge is 0.271 e. The van der Waals surface area contributed by atoms with Gasteiger partial charge >= 0.3 is 0 Å². The molecule has 2 aromatic rings. The third-order valence-electron chi connectivity index (χ3n) is 2.75. The number of nitrogens with zero attached hydrogens (tertiary/aromatic N) is 3. The van der Waals surface area contributed by atoms with Crippen LogP contribution in [0.25, 0.3) is 0 Å². The summed E-state index contributed by atoms with van der Waals surface area (Å²) < 4.78 is 5.13. The molecule has 21 heavy (non-hydrogen) atoms. The summed E-state index contributed by atoms with van der Waals surface area (Å²) in [7, 11) is 0. The third kappa shape index (κ3) is 3.25. The molecule has 0 saturated carbocycles. The molecule has 0 fully saturated rings. The van der Waals surface area contributed by atoms with Crippen LogP contribution in [-0.4, -0.2) is 32.2 Å². The zero-order valence-electron chi connectivity index (χ0n) is 11.9. The van der Waals surface area contributed by atoms with Crippen molar-refractivity contribution in [2.45, 2.75) is 33.1 Å². The van der Waals surface area contributed by atoms with Crippen LogP contribution in [0.4, 0.5) is 5.69 Å². The first-order chi connectivity index (χ1) is 9.88. The van der Waals surface area contributed by atoms with E-state index in [-0.39, 0.29) is 23.9 Å². The maximum atomic E-state index is 12.0. The Labute approximate surface area is 120 Å². The van der Waals surface area contributed by atoms with Crippen molar-refractivity contribution >= 4 is 17.5 Å². The fraction of sp³-hybridized carbons (Fsp3) is 0.417. The molecule has 9 heteroatoms. The number of hydrogen-bond donors (Lipinski definition) is 3. The van der Waals surface area contributed by atoms with Crippen molar-refractivity contribution in [3.63, 3.8) is 0 Å². The van der Waals surface area contributed by atoms with Crippen LogP contribution in [-0.2, 0) is 11.2 Å². The van der Waals surface area contributed by atoms with E-state index in [0.29, 0.717) is 17.3 Å². The van der Waals surface area contributed by atoms with E-state index in [2.05, 4.69) is 25.7 Å². The number of aromatic nitrogens is 4. The van der Waals surface area contributed by atoms with Crippen LogP contribution in [0.15, 0.2) is 4.42 Å². The second-order valence-corrected chi connectivity index (χ2v) is 4.82. The van der Waals surface area contributed by atoms with Crippen LogP contribution in [0.3, 0.4) is 0 Å². The molecule has 0 spiro atoms. The number of aromatic amines is 1. The van der Waals surface area contributed by atoms with Gasteiger partial charge in [-0.15, -0.1) is 10.2 Å². The molecule has 0 aliphatic carbocycles. The molecule has 0 atom stereocenters. The van der Waals surface area contributed by atoms with Gasteiger partial charge in [0.1, 0.15) is 6.42 Å². The number of anilines is 1. The molecule has 0 aliphatic heterocycles. The summed E-state index contributed by atoms with van der Waals surface area (Å²) in [5.41, 5.74) is 6.15. The molecule has 2 aromatic heterocycles. The van der Waals surface area contributed by atoms with Gasteiger partial charge in [0.15, 0.2) is 5.69 Å². The van der Waals surface area contributed by atoms with Crippen LogP contribution in [0.5, 0.6) is 0 Å². The van der Waals surface area contributed by atoms with Gasteiger partial charge in [-0.3, -0.25) is 14.7 Å². The number of rotatable bonds is 5. The zero-order chi connectivity index (χ0) is 15.6. The minimum absolute atomic E-state index is 0.00578. The van der Waals surface area contributed by atoms with Gasteiger partial charge in [0.05, 0.1) is 11.4 Å². The Morgan fingerprint density at radius 1 is 1.38 bits per heavy atom. The van der Waals surface area contributed by atoms with Crippen molar-refractivity contribution in [3.8, 4) is 0 Å². The van der Waals surface area contributed by atoms with Crippen molar-refractivity contribution in [1.29, 1.82) is 0 Å². The first kappa shape index (κ1) is 14.7. The van der Waals surface area contributed by atoms with Gasteiger partial charge < -0.3 is 15.5 Å². The van der Waals surface area contributed by atoms with E-state index in [4.69, 9.17) is 10.2 Å². The SMILES string of the molecule is Cc1nnc(CC(=O)Nc2c(C(N)=O)n[nH]c2C(C)C)o1. The van der Waals surface area contributed by atoms with Gasteiger partial charge in [-0.1, -0.05) is 13.8 Å². The summed E-state index contributed by atoms with van der Waals surface area (Å²) in [5, 5.41) is 16.5. The predicted molar refractivity (Wildman–Crippen MR) is 72.6 cm³/mol. The Morgan fingerprint density at radius 3 is 2.62 bits per heavy atom. The average Bonchev–Trinajstić information content (AvgIpc) is 2.95. The summed E-state index contributed by atoms with van der Waals surface area (Å²) >= 11 is 0. The molecule has 0 radical (unpaired) electrons. The highest BCUT2D eigenvalue weighted by Gasteiger charge is 2.22. The Kier molecular flexibility index (Phi) is 4.01. The van der Waals surface area contributed by atoms with Crippen molar-refractivity contribution in [1.82, 2.24) is 20.4 Å². The molecule has 0 aliphatic rings. The van der Waals surface area contributed by atoms with Crippen molar-refractivity contribution in [2.24, 2.45) is 5.73 Å². The molecule has 2 heterocycles. The monoisotopic (exact) mass is 292 g/mol. The maximum Gasteiger partial charge on any atom is 0.271 e. The van der Waals surface area contributed by atoms with E-state index < -0.39 is 11.8 Å². The number of nitrogens with one attached hydrogen (secondary N) is 2. The fourth-order valence-electron chi connectivity index (χ4n) is 1.81. The lowest BCUT2D eigenvalue weighted by Gasteiger charge is -2.08. The number of carbonyl (C=O) groups is 2. The molecule has 0 bridgehead atoms. The lowest BCUT2D eigenvalue weighted by molar-refractivity contribution is -0.115. The van der Waals surface area contributed by atoms with Gasteiger partial charge in [0.25, 0.3) is 5.91 Å². The molecule has 2 rings (SSSR count). The number of amides is 2. The topological polar surface area (TPSA) is 140 Å². The standard InChI is InChI=1S/C12H16N6O3/c1-5(2)9-10(11(12(13)20)18-17-9)14-7(19)4-8-16-15-6(3)21-8/h5H,4H2,1-3H3,(H2,13,20)(H,14,19)(H,17,18). The fourth-order valence-corrected chi connectivity index (χ4v) is 1.81. The van der Waals surface area contributed by atoms with Crippen LogP contribution in [0.1, 0.15) is 47.7 Å². The second kappa shape index (κ2) is 5.73. The molecular formula is C12H16N6O3. The second-order valence-electron chi connectivity index (χ2n) is 4.82. The molecule has 0 unspecified atom stereocenters. The summed E-state index contributed by atoms with van der Waals surface area (Å²) in [6, 6.07) is 0. The number of hydrogen-bond acceptors (Lipinski definition) is 6. The summed E-state index contributed by atoms with van der Waals surface area (Å²) in [4.78, 5) is 23.4. The maximum absolute atomic E-state index is 12.0. The zero-order valence-corrected chi connectivity index (χ0v) is 11.9. The third-order valence-corrected chi connectivity index (χ3v) is 2.75. The van der Waals surface area contributed by atoms with E-state index in [1.54, 1.807) is 6.92 Å². The Morgan fingerprint density at radius 2 is 2.10 bits per heavy atom. The lowest BCUT2D eigenvalue weighted by Crippen LogP contribution is -2.20. The van der Waals surface area contributed by atoms with E-state index in [1.807, 2.05) is 13.8 Å². The van der Waals surface area contributed by atoms with Crippen LogP contribution >= 0.6 is 0 Å². The van der Waals surface area contributed by atoms with Crippen molar-refractivity contribution < 1.29 is 14.0 Å². The molecule has 4 N–H and O–H groups in total. The van der Waals surface area contributed by atoms with Gasteiger partial charge in [-0.2, -0.15) is 5.10 Å². The van der Waals surface area contributed by atoms with Gasteiger partial charge in [0.2, 0.25) is 17.7 Å². The first-order valence-corrected chi connectivity index (χ1v) is 6.35. The van der Waals surface area contributed by atoms with Crippen molar-refractivity contribution in [3.05, 3.63) is 23.2 Å². The van der Waals surface area contributed by atoms with Crippen molar-refractivity contribution in [2.75, 3.05) is 5.32 Å². The highest BCUT2D eigenvalue weighted by Crippen LogP contribution is 2.25. The quantitative estimate of drug-likeness (QED) is 0.733. The number of H-pyrrole nitrogens is 1. The van der Waals surface area contributed by atoms with Gasteiger partial charge in [0, 0.05) is 6.92 Å². The summed E-state index contributed by atoms with van der Waals surface area (Å²) in [6.07, 6.45) is -0.0955. The molecule has 0 saturated heterocycles. The van der Waals surface area contributed by atoms with E-state index in [9.17, 15) is 9.59 Å². The number of nitrogens with two attached hydrogens (primary N) is 1. The summed E-state index contributed by atoms with van der Waals surface area (Å²) in [6.45, 7) is 5.43. The number of carbonyl (C=O) groups excluding carboxylic acids is 2. The average molecular weight is 292 g/mol. The van der Waals surface area contributed by atoms with Crippen LogP contribution in [0, 0.1) is 6.92 Å². The van der Waals surface area contributed by atoms with Crippen LogP contribution < -0.4 is 11.1 Å². The molecule has 9 nitrogen and oxygen atoms in total. The summed E-state index contributed by atoms with van der Waals surface area (Å²) in [5.74, 6) is -0.514. The predicted octanol–water partition coefficient (Wildman–Crippen LogP) is 0.505. The van der Waals surface area contributed by atoms with Gasteiger partial charge in [-0.25, -0.2) is 0 Å². The van der Waals surface area contributed by atoms with E-state index >= 15 is 0 Å². The molecule has 0 aromatic carbocycles. The Bertz CT molecular complexity index is 672. The van der Waals surface area contributed by atoms with Gasteiger partial charge in [-0.05, 0) is 5.92 Å². The van der Waals surface area contributed by atoms with E-state index in [0.717, 1.165) is 0 Å². The lowest BCUT2D eigenvalue weighted by atomic mass is 10.1. The highest BCUT2D eigenvalue weighted by molar-refractivity contribution is 6.02. The Balaban J connectivity index is 2.19. The largest absolute Gasteiger partial charge is 0.425 e. The minimum atomic E-state index is -0.720. The van der Waals surface area contributed by atoms with E-state index in [1.165, 1.54) is 0 Å². The van der Waals surface area contributed by atoms with Crippen LogP contribution in [0.2, 0.25) is 0 Å². The first-order valence-electron chi connectivity index (χ1n) is 6.35. The number of primary amides is 1. The normalized spacial score (nSPS) is 10.9.